The maximum absolute atomic E-state index is 8.90. The number of likely N-dealkylation sites (tertiary alicyclic amines) is 1. The third-order valence-corrected chi connectivity index (χ3v) is 4.19. The van der Waals surface area contributed by atoms with Crippen molar-refractivity contribution in [1.82, 2.24) is 4.90 Å². The highest BCUT2D eigenvalue weighted by atomic mass is 16.5. The number of aliphatic hydroxyl groups excluding tert-OH is 1. The Balaban J connectivity index is 1.59. The van der Waals surface area contributed by atoms with Crippen LogP contribution in [0.1, 0.15) is 51.4 Å². The second-order valence-corrected chi connectivity index (χ2v) is 5.48. The van der Waals surface area contributed by atoms with Gasteiger partial charge in [0.05, 0.1) is 6.10 Å². The minimum absolute atomic E-state index is 0.347. The second kappa shape index (κ2) is 7.34. The molecule has 0 amide bonds. The van der Waals surface area contributed by atoms with Gasteiger partial charge in [0.2, 0.25) is 0 Å². The van der Waals surface area contributed by atoms with Crippen LogP contribution in [0.5, 0.6) is 0 Å². The topological polar surface area (TPSA) is 32.7 Å². The fourth-order valence-electron chi connectivity index (χ4n) is 3.24. The zero-order valence-corrected chi connectivity index (χ0v) is 10.9. The summed E-state index contributed by atoms with van der Waals surface area (Å²) in [5, 5.41) is 8.90. The Morgan fingerprint density at radius 3 is 2.82 bits per heavy atom. The van der Waals surface area contributed by atoms with Crippen molar-refractivity contribution in [2.45, 2.75) is 63.5 Å². The van der Waals surface area contributed by atoms with E-state index in [2.05, 4.69) is 4.90 Å². The van der Waals surface area contributed by atoms with Crippen molar-refractivity contribution in [3.63, 3.8) is 0 Å². The molecule has 0 radical (unpaired) electrons. The highest BCUT2D eigenvalue weighted by molar-refractivity contribution is 4.79. The zero-order valence-electron chi connectivity index (χ0n) is 10.9. The average molecular weight is 241 g/mol. The molecule has 100 valence electrons. The average Bonchev–Trinajstić information content (AvgIpc) is 2.98. The van der Waals surface area contributed by atoms with Gasteiger partial charge in [0.25, 0.3) is 0 Å². The Kier molecular flexibility index (Phi) is 5.75. The SMILES string of the molecule is OCCCC1CCCN1CCCC1CCCO1. The molecule has 2 fully saturated rings. The smallest absolute Gasteiger partial charge is 0.0576 e. The molecule has 0 saturated carbocycles. The fraction of sp³-hybridized carbons (Fsp3) is 1.00. The Morgan fingerprint density at radius 1 is 1.12 bits per heavy atom. The van der Waals surface area contributed by atoms with Crippen LogP contribution in [0.15, 0.2) is 0 Å². The van der Waals surface area contributed by atoms with Gasteiger partial charge < -0.3 is 14.7 Å². The van der Waals surface area contributed by atoms with Gasteiger partial charge in [-0.25, -0.2) is 0 Å². The number of hydrogen-bond donors (Lipinski definition) is 1. The lowest BCUT2D eigenvalue weighted by Gasteiger charge is -2.24. The number of hydrogen-bond acceptors (Lipinski definition) is 3. The first kappa shape index (κ1) is 13.3. The molecule has 0 aromatic heterocycles. The van der Waals surface area contributed by atoms with Crippen molar-refractivity contribution in [3.05, 3.63) is 0 Å². The van der Waals surface area contributed by atoms with Gasteiger partial charge in [-0.1, -0.05) is 0 Å². The van der Waals surface area contributed by atoms with E-state index in [0.717, 1.165) is 19.1 Å². The minimum Gasteiger partial charge on any atom is -0.396 e. The highest BCUT2D eigenvalue weighted by Crippen LogP contribution is 2.23. The first-order valence-electron chi connectivity index (χ1n) is 7.36. The van der Waals surface area contributed by atoms with Gasteiger partial charge in [-0.05, 0) is 64.5 Å². The summed E-state index contributed by atoms with van der Waals surface area (Å²) in [5.41, 5.74) is 0. The molecule has 2 unspecified atom stereocenters. The summed E-state index contributed by atoms with van der Waals surface area (Å²) in [6.45, 7) is 3.82. The first-order valence-corrected chi connectivity index (χ1v) is 7.36. The molecule has 1 N–H and O–H groups in total. The normalized spacial score (nSPS) is 30.2. The molecule has 3 heteroatoms. The van der Waals surface area contributed by atoms with Crippen LogP contribution in [0.25, 0.3) is 0 Å². The molecule has 0 aromatic carbocycles. The molecule has 0 aromatic rings. The maximum atomic E-state index is 8.90. The molecule has 2 saturated heterocycles. The van der Waals surface area contributed by atoms with Crippen molar-refractivity contribution in [2.24, 2.45) is 0 Å². The summed E-state index contributed by atoms with van der Waals surface area (Å²) in [5.74, 6) is 0. The molecule has 2 atom stereocenters. The summed E-state index contributed by atoms with van der Waals surface area (Å²) in [6.07, 6.45) is 10.4. The van der Waals surface area contributed by atoms with Gasteiger partial charge >= 0.3 is 0 Å². The second-order valence-electron chi connectivity index (χ2n) is 5.48. The van der Waals surface area contributed by atoms with Crippen molar-refractivity contribution in [3.8, 4) is 0 Å². The predicted octanol–water partition coefficient (Wildman–Crippen LogP) is 2.18. The zero-order chi connectivity index (χ0) is 11.9. The van der Waals surface area contributed by atoms with Crippen molar-refractivity contribution in [2.75, 3.05) is 26.3 Å². The molecule has 0 spiro atoms. The molecule has 0 bridgehead atoms. The van der Waals surface area contributed by atoms with E-state index in [0.29, 0.717) is 12.7 Å². The van der Waals surface area contributed by atoms with Crippen LogP contribution in [0.3, 0.4) is 0 Å². The van der Waals surface area contributed by atoms with E-state index >= 15 is 0 Å². The van der Waals surface area contributed by atoms with Gasteiger partial charge in [0, 0.05) is 19.3 Å². The lowest BCUT2D eigenvalue weighted by Crippen LogP contribution is -2.31. The predicted molar refractivity (Wildman–Crippen MR) is 69.1 cm³/mol. The van der Waals surface area contributed by atoms with Crippen molar-refractivity contribution < 1.29 is 9.84 Å². The summed E-state index contributed by atoms with van der Waals surface area (Å²) in [7, 11) is 0. The third kappa shape index (κ3) is 4.23. The van der Waals surface area contributed by atoms with E-state index in [9.17, 15) is 0 Å². The van der Waals surface area contributed by atoms with E-state index < -0.39 is 0 Å². The fourth-order valence-corrected chi connectivity index (χ4v) is 3.24. The van der Waals surface area contributed by atoms with E-state index in [-0.39, 0.29) is 0 Å². The van der Waals surface area contributed by atoms with Crippen LogP contribution in [0.2, 0.25) is 0 Å². The van der Waals surface area contributed by atoms with Gasteiger partial charge in [-0.2, -0.15) is 0 Å². The molecule has 3 nitrogen and oxygen atoms in total. The van der Waals surface area contributed by atoms with Crippen molar-refractivity contribution in [1.29, 1.82) is 0 Å². The summed E-state index contributed by atoms with van der Waals surface area (Å²) in [4.78, 5) is 2.63. The monoisotopic (exact) mass is 241 g/mol. The molecule has 0 aliphatic carbocycles. The number of nitrogens with zero attached hydrogens (tertiary/aromatic N) is 1. The van der Waals surface area contributed by atoms with E-state index in [1.807, 2.05) is 0 Å². The molecule has 2 aliphatic rings. The summed E-state index contributed by atoms with van der Waals surface area (Å²) < 4.78 is 5.66. The summed E-state index contributed by atoms with van der Waals surface area (Å²) >= 11 is 0. The Labute approximate surface area is 105 Å². The van der Waals surface area contributed by atoms with Crippen LogP contribution in [-0.2, 0) is 4.74 Å². The van der Waals surface area contributed by atoms with Crippen LogP contribution < -0.4 is 0 Å². The first-order chi connectivity index (χ1) is 8.40. The number of aliphatic hydroxyl groups is 1. The van der Waals surface area contributed by atoms with Crippen molar-refractivity contribution >= 4 is 0 Å². The largest absolute Gasteiger partial charge is 0.396 e. The number of ether oxygens (including phenoxy) is 1. The molecular weight excluding hydrogens is 214 g/mol. The Bertz CT molecular complexity index is 204. The lowest BCUT2D eigenvalue weighted by atomic mass is 10.1. The molecule has 2 aliphatic heterocycles. The summed E-state index contributed by atoms with van der Waals surface area (Å²) in [6, 6.07) is 0.742. The minimum atomic E-state index is 0.347. The van der Waals surface area contributed by atoms with Crippen LogP contribution in [0, 0.1) is 0 Å². The van der Waals surface area contributed by atoms with Gasteiger partial charge in [0.15, 0.2) is 0 Å². The lowest BCUT2D eigenvalue weighted by molar-refractivity contribution is 0.0976. The van der Waals surface area contributed by atoms with Gasteiger partial charge in [-0.15, -0.1) is 0 Å². The maximum Gasteiger partial charge on any atom is 0.0576 e. The number of rotatable bonds is 7. The van der Waals surface area contributed by atoms with Gasteiger partial charge in [0.1, 0.15) is 0 Å². The van der Waals surface area contributed by atoms with Crippen LogP contribution >= 0.6 is 0 Å². The van der Waals surface area contributed by atoms with E-state index in [4.69, 9.17) is 9.84 Å². The molecular formula is C14H27NO2. The van der Waals surface area contributed by atoms with Crippen LogP contribution in [-0.4, -0.2) is 48.5 Å². The third-order valence-electron chi connectivity index (χ3n) is 4.19. The molecule has 2 rings (SSSR count). The molecule has 17 heavy (non-hydrogen) atoms. The van der Waals surface area contributed by atoms with Gasteiger partial charge in [-0.3, -0.25) is 0 Å². The Morgan fingerprint density at radius 2 is 2.06 bits per heavy atom. The highest BCUT2D eigenvalue weighted by Gasteiger charge is 2.24. The van der Waals surface area contributed by atoms with Crippen LogP contribution in [0.4, 0.5) is 0 Å². The standard InChI is InChI=1S/C14H27NO2/c16-11-3-6-13-5-1-9-15(13)10-2-7-14-8-4-12-17-14/h13-14,16H,1-12H2. The Hall–Kier alpha value is -0.120. The quantitative estimate of drug-likeness (QED) is 0.741. The van der Waals surface area contributed by atoms with E-state index in [1.165, 1.54) is 58.0 Å². The van der Waals surface area contributed by atoms with E-state index in [1.54, 1.807) is 0 Å². The molecule has 2 heterocycles.